The Balaban J connectivity index is 1.57. The Kier molecular flexibility index (Phi) is 6.02. The Morgan fingerprint density at radius 3 is 1.07 bits per heavy atom. The minimum Gasteiger partial charge on any atom is -0.0622 e. The first-order valence-electron chi connectivity index (χ1n) is 14.5. The van der Waals surface area contributed by atoms with E-state index in [-0.39, 0.29) is 0 Å². The molecular formula is C41H34. The van der Waals surface area contributed by atoms with Crippen LogP contribution in [0.5, 0.6) is 0 Å². The second kappa shape index (κ2) is 9.75. The van der Waals surface area contributed by atoms with Crippen molar-refractivity contribution in [2.45, 2.75) is 33.1 Å². The fourth-order valence-corrected chi connectivity index (χ4v) is 7.13. The molecule has 0 heteroatoms. The number of hydrogen-bond donors (Lipinski definition) is 0. The van der Waals surface area contributed by atoms with Crippen LogP contribution in [-0.2, 0) is 5.41 Å². The van der Waals surface area contributed by atoms with Gasteiger partial charge in [-0.2, -0.15) is 0 Å². The van der Waals surface area contributed by atoms with Gasteiger partial charge in [-0.1, -0.05) is 144 Å². The van der Waals surface area contributed by atoms with Gasteiger partial charge in [-0.3, -0.25) is 0 Å². The average Bonchev–Trinajstić information content (AvgIpc) is 3.27. The van der Waals surface area contributed by atoms with Gasteiger partial charge in [-0.15, -0.1) is 0 Å². The third kappa shape index (κ3) is 4.14. The first-order valence-corrected chi connectivity index (χ1v) is 14.5. The lowest BCUT2D eigenvalue weighted by molar-refractivity contribution is 0.769. The summed E-state index contributed by atoms with van der Waals surface area (Å²) in [4.78, 5) is 0. The van der Waals surface area contributed by atoms with Crippen LogP contribution in [0.3, 0.4) is 0 Å². The van der Waals surface area contributed by atoms with Crippen molar-refractivity contribution in [3.05, 3.63) is 178 Å². The topological polar surface area (TPSA) is 0 Å². The first-order chi connectivity index (χ1) is 19.9. The van der Waals surface area contributed by atoms with Gasteiger partial charge in [0.1, 0.15) is 0 Å². The van der Waals surface area contributed by atoms with Gasteiger partial charge < -0.3 is 0 Å². The molecule has 0 N–H and O–H groups in total. The minimum atomic E-state index is -0.434. The Labute approximate surface area is 244 Å². The number of hydrogen-bond acceptors (Lipinski definition) is 0. The van der Waals surface area contributed by atoms with Crippen LogP contribution in [0, 0.1) is 27.7 Å². The van der Waals surface area contributed by atoms with Gasteiger partial charge >= 0.3 is 0 Å². The van der Waals surface area contributed by atoms with Crippen LogP contribution >= 0.6 is 0 Å². The predicted molar refractivity (Wildman–Crippen MR) is 174 cm³/mol. The molecule has 1 aliphatic carbocycles. The van der Waals surface area contributed by atoms with E-state index in [1.54, 1.807) is 0 Å². The molecule has 6 aromatic carbocycles. The van der Waals surface area contributed by atoms with E-state index < -0.39 is 5.41 Å². The summed E-state index contributed by atoms with van der Waals surface area (Å²) < 4.78 is 0. The van der Waals surface area contributed by atoms with Gasteiger partial charge in [0.05, 0.1) is 5.41 Å². The maximum absolute atomic E-state index is 2.46. The van der Waals surface area contributed by atoms with Crippen molar-refractivity contribution >= 4 is 0 Å². The van der Waals surface area contributed by atoms with E-state index in [1.807, 2.05) is 0 Å². The lowest BCUT2D eigenvalue weighted by Crippen LogP contribution is -2.28. The Morgan fingerprint density at radius 1 is 0.341 bits per heavy atom. The molecule has 6 aromatic rings. The fraction of sp³-hybridized carbons (Fsp3) is 0.122. The Hall–Kier alpha value is -4.68. The largest absolute Gasteiger partial charge is 0.0713 e. The molecule has 0 amide bonds. The van der Waals surface area contributed by atoms with Crippen LogP contribution in [0.4, 0.5) is 0 Å². The lowest BCUT2D eigenvalue weighted by atomic mass is 9.67. The fourth-order valence-electron chi connectivity index (χ4n) is 7.13. The summed E-state index contributed by atoms with van der Waals surface area (Å²) in [6, 6.07) is 50.1. The van der Waals surface area contributed by atoms with Crippen LogP contribution in [-0.4, -0.2) is 0 Å². The van der Waals surface area contributed by atoms with Crippen LogP contribution in [0.2, 0.25) is 0 Å². The normalized spacial score (nSPS) is 13.1. The zero-order valence-corrected chi connectivity index (χ0v) is 24.2. The van der Waals surface area contributed by atoms with E-state index in [2.05, 4.69) is 161 Å². The predicted octanol–water partition coefficient (Wildman–Crippen LogP) is 10.6. The minimum absolute atomic E-state index is 0.434. The highest BCUT2D eigenvalue weighted by atomic mass is 14.5. The molecule has 1 aliphatic rings. The summed E-state index contributed by atoms with van der Waals surface area (Å²) in [5, 5.41) is 0. The van der Waals surface area contributed by atoms with E-state index in [0.29, 0.717) is 0 Å². The summed E-state index contributed by atoms with van der Waals surface area (Å²) in [5.41, 5.74) is 17.7. The Morgan fingerprint density at radius 2 is 0.707 bits per heavy atom. The molecule has 0 radical (unpaired) electrons. The van der Waals surface area contributed by atoms with Gasteiger partial charge in [0.15, 0.2) is 0 Å². The van der Waals surface area contributed by atoms with Gasteiger partial charge in [0, 0.05) is 0 Å². The highest BCUT2D eigenvalue weighted by Crippen LogP contribution is 2.57. The van der Waals surface area contributed by atoms with E-state index in [9.17, 15) is 0 Å². The molecule has 0 unspecified atom stereocenters. The Bertz CT molecular complexity index is 1730. The molecule has 0 nitrogen and oxygen atoms in total. The SMILES string of the molecule is Cc1cc(C)cc(-c2ccc3c(c2)C(c2ccccc2)(c2ccccc2)c2cc(-c4cc(C)cc(C)c4)ccc2-3)c1. The molecule has 0 aromatic heterocycles. The monoisotopic (exact) mass is 526 g/mol. The molecule has 0 saturated carbocycles. The van der Waals surface area contributed by atoms with Crippen molar-refractivity contribution in [3.8, 4) is 33.4 Å². The van der Waals surface area contributed by atoms with E-state index in [1.165, 1.54) is 77.9 Å². The first kappa shape index (κ1) is 25.3. The van der Waals surface area contributed by atoms with E-state index in [0.717, 1.165) is 0 Å². The van der Waals surface area contributed by atoms with E-state index in [4.69, 9.17) is 0 Å². The molecule has 0 saturated heterocycles. The van der Waals surface area contributed by atoms with Crippen molar-refractivity contribution in [1.82, 2.24) is 0 Å². The summed E-state index contributed by atoms with van der Waals surface area (Å²) in [7, 11) is 0. The van der Waals surface area contributed by atoms with Crippen molar-refractivity contribution in [1.29, 1.82) is 0 Å². The third-order valence-corrected chi connectivity index (χ3v) is 8.66. The second-order valence-corrected chi connectivity index (χ2v) is 11.8. The van der Waals surface area contributed by atoms with Crippen molar-refractivity contribution < 1.29 is 0 Å². The maximum Gasteiger partial charge on any atom is 0.0713 e. The molecule has 198 valence electrons. The van der Waals surface area contributed by atoms with Crippen LogP contribution in [0.1, 0.15) is 44.5 Å². The highest BCUT2D eigenvalue weighted by Gasteiger charge is 2.46. The number of benzene rings is 6. The summed E-state index contributed by atoms with van der Waals surface area (Å²) >= 11 is 0. The van der Waals surface area contributed by atoms with Crippen LogP contribution in [0.25, 0.3) is 33.4 Å². The number of rotatable bonds is 4. The lowest BCUT2D eigenvalue weighted by Gasteiger charge is -2.34. The summed E-state index contributed by atoms with van der Waals surface area (Å²) in [5.74, 6) is 0. The standard InChI is InChI=1S/C41H34/c1-27-19-28(2)22-33(21-27)31-15-17-37-38-18-16-32(34-23-29(3)20-30(4)24-34)26-40(38)41(39(37)25-31,35-11-7-5-8-12-35)36-13-9-6-10-14-36/h5-26H,1-4H3. The van der Waals surface area contributed by atoms with Gasteiger partial charge in [-0.05, 0) is 95.5 Å². The maximum atomic E-state index is 2.46. The number of fused-ring (bicyclic) bond motifs is 3. The van der Waals surface area contributed by atoms with Crippen molar-refractivity contribution in [3.63, 3.8) is 0 Å². The van der Waals surface area contributed by atoms with Crippen molar-refractivity contribution in [2.24, 2.45) is 0 Å². The zero-order chi connectivity index (χ0) is 28.1. The molecule has 0 spiro atoms. The second-order valence-electron chi connectivity index (χ2n) is 11.8. The summed E-state index contributed by atoms with van der Waals surface area (Å²) in [6.07, 6.45) is 0. The molecule has 0 bridgehead atoms. The van der Waals surface area contributed by atoms with Gasteiger partial charge in [0.2, 0.25) is 0 Å². The van der Waals surface area contributed by atoms with E-state index >= 15 is 0 Å². The smallest absolute Gasteiger partial charge is 0.0622 e. The molecule has 7 rings (SSSR count). The highest BCUT2D eigenvalue weighted by molar-refractivity contribution is 5.90. The molecule has 0 heterocycles. The quantitative estimate of drug-likeness (QED) is 0.214. The zero-order valence-electron chi connectivity index (χ0n) is 24.2. The third-order valence-electron chi connectivity index (χ3n) is 8.66. The van der Waals surface area contributed by atoms with Gasteiger partial charge in [0.25, 0.3) is 0 Å². The van der Waals surface area contributed by atoms with Crippen LogP contribution < -0.4 is 0 Å². The summed E-state index contributed by atoms with van der Waals surface area (Å²) in [6.45, 7) is 8.75. The van der Waals surface area contributed by atoms with Crippen molar-refractivity contribution in [2.75, 3.05) is 0 Å². The molecule has 0 fully saturated rings. The molecule has 41 heavy (non-hydrogen) atoms. The molecule has 0 aliphatic heterocycles. The van der Waals surface area contributed by atoms with Gasteiger partial charge in [-0.25, -0.2) is 0 Å². The molecule has 0 atom stereocenters. The number of aryl methyl sites for hydroxylation is 4. The molecular weight excluding hydrogens is 492 g/mol. The average molecular weight is 527 g/mol. The van der Waals surface area contributed by atoms with Crippen LogP contribution in [0.15, 0.2) is 133 Å².